The maximum absolute atomic E-state index is 10.2. The van der Waals surface area contributed by atoms with Gasteiger partial charge in [0.15, 0.2) is 17.5 Å². The molecule has 0 atom stereocenters. The van der Waals surface area contributed by atoms with Crippen LogP contribution in [0.5, 0.6) is 11.5 Å². The van der Waals surface area contributed by atoms with Crippen molar-refractivity contribution in [3.63, 3.8) is 0 Å². The Morgan fingerprint density at radius 3 is 2.88 bits per heavy atom. The van der Waals surface area contributed by atoms with E-state index in [1.165, 1.54) is 0 Å². The number of nitrogens with one attached hydrogen (secondary N) is 1. The Balaban J connectivity index is 2.01. The summed E-state index contributed by atoms with van der Waals surface area (Å²) in [7, 11) is 5.45. The second-order valence-electron chi connectivity index (χ2n) is 5.83. The van der Waals surface area contributed by atoms with E-state index >= 15 is 0 Å². The molecule has 136 valence electrons. The van der Waals surface area contributed by atoms with Gasteiger partial charge in [0.2, 0.25) is 0 Å². The fraction of sp³-hybridized carbons (Fsp3) is 0.444. The Labute approximate surface area is 148 Å². The Bertz CT molecular complexity index is 711. The molecule has 0 radical (unpaired) electrons. The van der Waals surface area contributed by atoms with Crippen molar-refractivity contribution in [1.82, 2.24) is 20.0 Å². The van der Waals surface area contributed by atoms with Gasteiger partial charge in [-0.2, -0.15) is 5.10 Å². The maximum Gasteiger partial charge on any atom is 0.193 e. The minimum atomic E-state index is 0.189. The van der Waals surface area contributed by atoms with Crippen LogP contribution in [0.15, 0.2) is 35.6 Å². The molecule has 0 aliphatic heterocycles. The van der Waals surface area contributed by atoms with Gasteiger partial charge in [0.25, 0.3) is 0 Å². The van der Waals surface area contributed by atoms with Gasteiger partial charge in [-0.1, -0.05) is 12.1 Å². The number of aryl methyl sites for hydroxylation is 1. The number of aromatic hydroxyl groups is 1. The summed E-state index contributed by atoms with van der Waals surface area (Å²) < 4.78 is 6.93. The first-order valence-corrected chi connectivity index (χ1v) is 8.37. The predicted molar refractivity (Wildman–Crippen MR) is 99.0 cm³/mol. The van der Waals surface area contributed by atoms with E-state index in [1.807, 2.05) is 45.5 Å². The lowest BCUT2D eigenvalue weighted by molar-refractivity contribution is 0.370. The summed E-state index contributed by atoms with van der Waals surface area (Å²) in [5.74, 6) is 1.50. The third-order valence-corrected chi connectivity index (χ3v) is 3.82. The lowest BCUT2D eigenvalue weighted by Crippen LogP contribution is -2.38. The zero-order valence-electron chi connectivity index (χ0n) is 15.4. The number of phenolic OH excluding ortho intramolecular Hbond substituents is 1. The van der Waals surface area contributed by atoms with Crippen molar-refractivity contribution in [2.24, 2.45) is 12.0 Å². The monoisotopic (exact) mass is 345 g/mol. The van der Waals surface area contributed by atoms with Crippen LogP contribution in [0.2, 0.25) is 0 Å². The van der Waals surface area contributed by atoms with Crippen molar-refractivity contribution < 1.29 is 9.84 Å². The highest BCUT2D eigenvalue weighted by molar-refractivity contribution is 5.79. The average Bonchev–Trinajstić information content (AvgIpc) is 3.00. The first kappa shape index (κ1) is 18.6. The number of ether oxygens (including phenoxy) is 1. The molecule has 2 aromatic rings. The van der Waals surface area contributed by atoms with E-state index in [2.05, 4.69) is 20.3 Å². The number of methoxy groups -OCH3 is 1. The van der Waals surface area contributed by atoms with Gasteiger partial charge in [-0.05, 0) is 25.0 Å². The summed E-state index contributed by atoms with van der Waals surface area (Å²) in [6, 6.07) is 5.50. The molecule has 2 rings (SSSR count). The zero-order chi connectivity index (χ0) is 18.2. The van der Waals surface area contributed by atoms with Crippen molar-refractivity contribution in [2.75, 3.05) is 27.2 Å². The van der Waals surface area contributed by atoms with E-state index in [9.17, 15) is 5.11 Å². The molecule has 1 aromatic carbocycles. The molecule has 0 fully saturated rings. The number of benzene rings is 1. The second-order valence-corrected chi connectivity index (χ2v) is 5.83. The zero-order valence-corrected chi connectivity index (χ0v) is 15.4. The number of hydrogen-bond acceptors (Lipinski definition) is 4. The van der Waals surface area contributed by atoms with Gasteiger partial charge in [-0.25, -0.2) is 0 Å². The van der Waals surface area contributed by atoms with Crippen LogP contribution in [-0.4, -0.2) is 53.0 Å². The van der Waals surface area contributed by atoms with E-state index in [0.29, 0.717) is 18.7 Å². The minimum Gasteiger partial charge on any atom is -0.504 e. The van der Waals surface area contributed by atoms with Crippen LogP contribution >= 0.6 is 0 Å². The largest absolute Gasteiger partial charge is 0.504 e. The molecule has 0 bridgehead atoms. The van der Waals surface area contributed by atoms with Crippen molar-refractivity contribution in [3.8, 4) is 11.5 Å². The molecular formula is C18H27N5O2. The molecule has 1 heterocycles. The van der Waals surface area contributed by atoms with Crippen LogP contribution in [0.4, 0.5) is 0 Å². The molecule has 0 spiro atoms. The van der Waals surface area contributed by atoms with Gasteiger partial charge >= 0.3 is 0 Å². The summed E-state index contributed by atoms with van der Waals surface area (Å²) in [6.07, 6.45) is 4.49. The SMILES string of the molecule is CCNC(=NCCc1cccc(OC)c1O)N(C)Cc1cnn(C)c1. The van der Waals surface area contributed by atoms with Crippen LogP contribution < -0.4 is 10.1 Å². The second kappa shape index (κ2) is 8.96. The number of para-hydroxylation sites is 1. The lowest BCUT2D eigenvalue weighted by Gasteiger charge is -2.21. The molecule has 0 saturated carbocycles. The summed E-state index contributed by atoms with van der Waals surface area (Å²) in [5.41, 5.74) is 1.95. The molecule has 0 unspecified atom stereocenters. The van der Waals surface area contributed by atoms with Gasteiger partial charge in [-0.15, -0.1) is 0 Å². The molecule has 2 N–H and O–H groups in total. The number of hydrogen-bond donors (Lipinski definition) is 2. The van der Waals surface area contributed by atoms with E-state index in [1.54, 1.807) is 17.9 Å². The van der Waals surface area contributed by atoms with E-state index < -0.39 is 0 Å². The van der Waals surface area contributed by atoms with Crippen LogP contribution in [0, 0.1) is 0 Å². The number of nitrogens with zero attached hydrogens (tertiary/aromatic N) is 4. The summed E-state index contributed by atoms with van der Waals surface area (Å²) in [4.78, 5) is 6.72. The van der Waals surface area contributed by atoms with E-state index in [0.717, 1.165) is 30.2 Å². The number of aliphatic imine (C=N–C) groups is 1. The van der Waals surface area contributed by atoms with E-state index in [-0.39, 0.29) is 5.75 Å². The number of guanidine groups is 1. The molecular weight excluding hydrogens is 318 g/mol. The molecule has 0 amide bonds. The number of phenols is 1. The first-order valence-electron chi connectivity index (χ1n) is 8.37. The number of aromatic nitrogens is 2. The number of rotatable bonds is 7. The van der Waals surface area contributed by atoms with Crippen molar-refractivity contribution in [2.45, 2.75) is 19.9 Å². The lowest BCUT2D eigenvalue weighted by atomic mass is 10.1. The summed E-state index contributed by atoms with van der Waals surface area (Å²) in [6.45, 7) is 4.13. The van der Waals surface area contributed by atoms with Gasteiger partial charge in [-0.3, -0.25) is 9.67 Å². The van der Waals surface area contributed by atoms with Gasteiger partial charge < -0.3 is 20.1 Å². The Morgan fingerprint density at radius 1 is 1.44 bits per heavy atom. The quantitative estimate of drug-likeness (QED) is 0.591. The van der Waals surface area contributed by atoms with E-state index in [4.69, 9.17) is 4.74 Å². The van der Waals surface area contributed by atoms with Gasteiger partial charge in [0.1, 0.15) is 0 Å². The third kappa shape index (κ3) is 5.14. The standard InChI is InChI=1S/C18H27N5O2/c1-5-19-18(22(2)12-14-11-21-23(3)13-14)20-10-9-15-7-6-8-16(25-4)17(15)24/h6-8,11,13,24H,5,9-10,12H2,1-4H3,(H,19,20). The Morgan fingerprint density at radius 2 is 2.24 bits per heavy atom. The first-order chi connectivity index (χ1) is 12.0. The fourth-order valence-electron chi connectivity index (χ4n) is 2.59. The van der Waals surface area contributed by atoms with Crippen molar-refractivity contribution >= 4 is 5.96 Å². The van der Waals surface area contributed by atoms with Crippen molar-refractivity contribution in [1.29, 1.82) is 0 Å². The highest BCUT2D eigenvalue weighted by Crippen LogP contribution is 2.29. The van der Waals surface area contributed by atoms with Crippen LogP contribution in [0.1, 0.15) is 18.1 Å². The maximum atomic E-state index is 10.2. The Hall–Kier alpha value is -2.70. The molecule has 7 nitrogen and oxygen atoms in total. The van der Waals surface area contributed by atoms with Crippen LogP contribution in [0.25, 0.3) is 0 Å². The Kier molecular flexibility index (Phi) is 6.68. The van der Waals surface area contributed by atoms with Crippen LogP contribution in [0.3, 0.4) is 0 Å². The topological polar surface area (TPSA) is 74.9 Å². The molecule has 1 aromatic heterocycles. The van der Waals surface area contributed by atoms with Crippen LogP contribution in [-0.2, 0) is 20.0 Å². The average molecular weight is 345 g/mol. The van der Waals surface area contributed by atoms with Gasteiger partial charge in [0, 0.05) is 45.5 Å². The normalized spacial score (nSPS) is 11.4. The highest BCUT2D eigenvalue weighted by Gasteiger charge is 2.09. The molecule has 25 heavy (non-hydrogen) atoms. The smallest absolute Gasteiger partial charge is 0.193 e. The minimum absolute atomic E-state index is 0.189. The molecule has 7 heteroatoms. The summed E-state index contributed by atoms with van der Waals surface area (Å²) >= 11 is 0. The molecule has 0 aliphatic carbocycles. The summed E-state index contributed by atoms with van der Waals surface area (Å²) in [5, 5.41) is 17.6. The molecule has 0 saturated heterocycles. The fourth-order valence-corrected chi connectivity index (χ4v) is 2.59. The van der Waals surface area contributed by atoms with Crippen molar-refractivity contribution in [3.05, 3.63) is 41.7 Å². The molecule has 0 aliphatic rings. The highest BCUT2D eigenvalue weighted by atomic mass is 16.5. The predicted octanol–water partition coefficient (Wildman–Crippen LogP) is 1.77. The van der Waals surface area contributed by atoms with Gasteiger partial charge in [0.05, 0.1) is 13.3 Å². The third-order valence-electron chi connectivity index (χ3n) is 3.82.